The summed E-state index contributed by atoms with van der Waals surface area (Å²) in [5.74, 6) is -1.74. The van der Waals surface area contributed by atoms with E-state index < -0.39 is 16.7 Å². The predicted octanol–water partition coefficient (Wildman–Crippen LogP) is 9.19. The molecule has 0 atom stereocenters. The van der Waals surface area contributed by atoms with Crippen LogP contribution >= 0.6 is 11.6 Å². The van der Waals surface area contributed by atoms with Gasteiger partial charge in [0, 0.05) is 11.5 Å². The van der Waals surface area contributed by atoms with Gasteiger partial charge in [0.15, 0.2) is 0 Å². The third-order valence-corrected chi connectivity index (χ3v) is 6.91. The fraction of sp³-hybridized carbons (Fsp3) is 0.290. The van der Waals surface area contributed by atoms with Crippen LogP contribution in [0.15, 0.2) is 60.7 Å². The molecular weight excluding hydrogens is 500 g/mol. The molecule has 0 saturated heterocycles. The number of hydrogen-bond donors (Lipinski definition) is 0. The van der Waals surface area contributed by atoms with Gasteiger partial charge in [-0.3, -0.25) is 0 Å². The Morgan fingerprint density at radius 3 is 2.11 bits per heavy atom. The average molecular weight is 529 g/mol. The van der Waals surface area contributed by atoms with E-state index in [1.165, 1.54) is 18.2 Å². The summed E-state index contributed by atoms with van der Waals surface area (Å²) in [6.45, 7) is 2.70. The van der Waals surface area contributed by atoms with Crippen molar-refractivity contribution in [1.82, 2.24) is 0 Å². The van der Waals surface area contributed by atoms with E-state index >= 15 is 4.39 Å². The molecule has 4 aromatic carbocycles. The predicted molar refractivity (Wildman–Crippen MR) is 142 cm³/mol. The van der Waals surface area contributed by atoms with Gasteiger partial charge in [0.25, 0.3) is 0 Å². The van der Waals surface area contributed by atoms with Gasteiger partial charge in [-0.15, -0.1) is 0 Å². The van der Waals surface area contributed by atoms with Gasteiger partial charge in [0.1, 0.15) is 34.0 Å². The van der Waals surface area contributed by atoms with Crippen LogP contribution in [0.3, 0.4) is 0 Å². The largest absolute Gasteiger partial charge is 0.493 e. The monoisotopic (exact) mass is 528 g/mol. The summed E-state index contributed by atoms with van der Waals surface area (Å²) >= 11 is 5.53. The molecular formula is C31H29ClF4O. The van der Waals surface area contributed by atoms with Gasteiger partial charge >= 0.3 is 0 Å². The minimum absolute atomic E-state index is 0.277. The Balaban J connectivity index is 1.39. The fourth-order valence-electron chi connectivity index (χ4n) is 4.41. The Labute approximate surface area is 220 Å². The highest BCUT2D eigenvalue weighted by molar-refractivity contribution is 6.30. The lowest BCUT2D eigenvalue weighted by atomic mass is 9.97. The second kappa shape index (κ2) is 12.5. The Morgan fingerprint density at radius 2 is 1.38 bits per heavy atom. The molecule has 37 heavy (non-hydrogen) atoms. The molecule has 0 N–H and O–H groups in total. The first-order valence-corrected chi connectivity index (χ1v) is 13.0. The zero-order chi connectivity index (χ0) is 26.4. The van der Waals surface area contributed by atoms with Crippen LogP contribution in [-0.4, -0.2) is 6.61 Å². The van der Waals surface area contributed by atoms with Crippen molar-refractivity contribution in [2.24, 2.45) is 0 Å². The van der Waals surface area contributed by atoms with Crippen LogP contribution in [0.2, 0.25) is 5.02 Å². The molecule has 194 valence electrons. The summed E-state index contributed by atoms with van der Waals surface area (Å²) in [7, 11) is 0. The summed E-state index contributed by atoms with van der Waals surface area (Å²) in [6.07, 6.45) is 4.84. The van der Waals surface area contributed by atoms with Crippen molar-refractivity contribution in [3.8, 4) is 5.75 Å². The van der Waals surface area contributed by atoms with Crippen molar-refractivity contribution in [3.05, 3.63) is 111 Å². The summed E-state index contributed by atoms with van der Waals surface area (Å²) < 4.78 is 62.7. The van der Waals surface area contributed by atoms with Gasteiger partial charge in [-0.25, -0.2) is 17.6 Å². The molecule has 0 radical (unpaired) electrons. The lowest BCUT2D eigenvalue weighted by Crippen LogP contribution is -2.00. The van der Waals surface area contributed by atoms with Crippen LogP contribution in [0.25, 0.3) is 10.8 Å². The number of benzene rings is 4. The number of fused-ring (bicyclic) bond motifs is 1. The molecule has 0 saturated carbocycles. The Bertz CT molecular complexity index is 1360. The van der Waals surface area contributed by atoms with Gasteiger partial charge in [-0.2, -0.15) is 0 Å². The molecule has 0 aliphatic rings. The number of hydrogen-bond acceptors (Lipinski definition) is 1. The maximum atomic E-state index is 15.2. The van der Waals surface area contributed by atoms with Crippen molar-refractivity contribution in [3.63, 3.8) is 0 Å². The number of rotatable bonds is 11. The second-order valence-corrected chi connectivity index (χ2v) is 9.65. The maximum Gasteiger partial charge on any atom is 0.145 e. The average Bonchev–Trinajstić information content (AvgIpc) is 2.88. The molecule has 0 spiro atoms. The fourth-order valence-corrected chi connectivity index (χ4v) is 4.52. The van der Waals surface area contributed by atoms with E-state index in [2.05, 4.69) is 6.92 Å². The molecule has 0 aliphatic carbocycles. The molecule has 0 unspecified atom stereocenters. The Morgan fingerprint density at radius 1 is 0.676 bits per heavy atom. The third-order valence-electron chi connectivity index (χ3n) is 6.55. The van der Waals surface area contributed by atoms with Crippen molar-refractivity contribution < 1.29 is 22.3 Å². The first kappa shape index (κ1) is 27.0. The summed E-state index contributed by atoms with van der Waals surface area (Å²) in [4.78, 5) is 0. The molecule has 0 bridgehead atoms. The van der Waals surface area contributed by atoms with E-state index in [9.17, 15) is 13.2 Å². The molecule has 1 nitrogen and oxygen atoms in total. The van der Waals surface area contributed by atoms with Gasteiger partial charge in [-0.1, -0.05) is 67.8 Å². The number of ether oxygens (including phenoxy) is 1. The van der Waals surface area contributed by atoms with Crippen LogP contribution in [0.1, 0.15) is 48.4 Å². The van der Waals surface area contributed by atoms with Crippen molar-refractivity contribution >= 4 is 22.4 Å². The van der Waals surface area contributed by atoms with E-state index in [1.54, 1.807) is 24.3 Å². The molecule has 4 rings (SSSR count). The van der Waals surface area contributed by atoms with E-state index in [-0.39, 0.29) is 18.1 Å². The highest BCUT2D eigenvalue weighted by atomic mass is 35.5. The molecule has 0 aliphatic heterocycles. The zero-order valence-electron chi connectivity index (χ0n) is 20.7. The number of unbranched alkanes of at least 4 members (excludes halogenated alkanes) is 2. The van der Waals surface area contributed by atoms with Gasteiger partial charge in [-0.05, 0) is 77.9 Å². The minimum atomic E-state index is -0.824. The highest BCUT2D eigenvalue weighted by Crippen LogP contribution is 2.26. The molecule has 0 fully saturated rings. The zero-order valence-corrected chi connectivity index (χ0v) is 21.5. The summed E-state index contributed by atoms with van der Waals surface area (Å²) in [5.41, 5.74) is 2.47. The Hall–Kier alpha value is -3.05. The van der Waals surface area contributed by atoms with Crippen LogP contribution < -0.4 is 4.74 Å². The molecule has 0 aromatic heterocycles. The quantitative estimate of drug-likeness (QED) is 0.107. The van der Waals surface area contributed by atoms with E-state index in [0.29, 0.717) is 53.7 Å². The Kier molecular flexibility index (Phi) is 9.09. The van der Waals surface area contributed by atoms with Crippen molar-refractivity contribution in [2.75, 3.05) is 6.61 Å². The first-order chi connectivity index (χ1) is 17.9. The van der Waals surface area contributed by atoms with Gasteiger partial charge in [0.05, 0.1) is 6.61 Å². The smallest absolute Gasteiger partial charge is 0.145 e. The summed E-state index contributed by atoms with van der Waals surface area (Å²) in [5, 5.41) is 0.687. The second-order valence-electron chi connectivity index (χ2n) is 9.28. The van der Waals surface area contributed by atoms with E-state index in [4.69, 9.17) is 16.3 Å². The third kappa shape index (κ3) is 6.84. The van der Waals surface area contributed by atoms with Crippen LogP contribution in [0.4, 0.5) is 17.6 Å². The number of aryl methyl sites for hydroxylation is 4. The molecule has 4 aromatic rings. The van der Waals surface area contributed by atoms with Crippen molar-refractivity contribution in [1.29, 1.82) is 0 Å². The van der Waals surface area contributed by atoms with Gasteiger partial charge < -0.3 is 4.74 Å². The highest BCUT2D eigenvalue weighted by Gasteiger charge is 2.12. The van der Waals surface area contributed by atoms with Crippen LogP contribution in [0.5, 0.6) is 5.75 Å². The van der Waals surface area contributed by atoms with Gasteiger partial charge in [0.2, 0.25) is 0 Å². The lowest BCUT2D eigenvalue weighted by molar-refractivity contribution is 0.304. The number of halogens is 5. The molecule has 6 heteroatoms. The van der Waals surface area contributed by atoms with E-state index in [1.807, 2.05) is 18.2 Å². The van der Waals surface area contributed by atoms with Crippen LogP contribution in [0, 0.1) is 23.3 Å². The SMILES string of the molecule is CCCCCOc1ccc(CCc2ccc3c(F)c(CCc4cc(F)c(Cl)c(F)c4)ccc3c2)c(F)c1. The normalized spacial score (nSPS) is 11.3. The topological polar surface area (TPSA) is 9.23 Å². The molecule has 0 heterocycles. The maximum absolute atomic E-state index is 15.2. The van der Waals surface area contributed by atoms with Crippen LogP contribution in [-0.2, 0) is 25.7 Å². The minimum Gasteiger partial charge on any atom is -0.493 e. The van der Waals surface area contributed by atoms with Crippen molar-refractivity contribution in [2.45, 2.75) is 51.9 Å². The first-order valence-electron chi connectivity index (χ1n) is 12.6. The van der Waals surface area contributed by atoms with E-state index in [0.717, 1.165) is 30.2 Å². The standard InChI is InChI=1S/C31H29ClF4O/c1-2-3-4-15-37-25-13-12-22(27(33)19-25)8-5-20-7-14-26-24(16-20)11-10-23(31(26)36)9-6-21-17-28(34)30(32)29(35)18-21/h7,10-14,16-19H,2-6,8-9,15H2,1H3. The summed E-state index contributed by atoms with van der Waals surface area (Å²) in [6, 6.07) is 16.4. The lowest BCUT2D eigenvalue weighted by Gasteiger charge is -2.10. The molecule has 0 amide bonds.